The maximum Gasteiger partial charge on any atom is 0.238 e. The second-order valence-electron chi connectivity index (χ2n) is 8.92. The predicted octanol–water partition coefficient (Wildman–Crippen LogP) is 4.33. The van der Waals surface area contributed by atoms with E-state index in [1.165, 1.54) is 38.5 Å². The molecule has 2 aromatic rings. The lowest BCUT2D eigenvalue weighted by atomic mass is 10.1. The Morgan fingerprint density at radius 1 is 0.606 bits per heavy atom. The zero-order chi connectivity index (χ0) is 22.9. The summed E-state index contributed by atoms with van der Waals surface area (Å²) in [6.45, 7) is 4.89. The summed E-state index contributed by atoms with van der Waals surface area (Å²) >= 11 is 0. The Balaban J connectivity index is 1.22. The van der Waals surface area contributed by atoms with Gasteiger partial charge in [-0.15, -0.1) is 0 Å². The summed E-state index contributed by atoms with van der Waals surface area (Å²) in [5, 5.41) is 5.91. The predicted molar refractivity (Wildman–Crippen MR) is 131 cm³/mol. The van der Waals surface area contributed by atoms with Gasteiger partial charge in [0.2, 0.25) is 11.8 Å². The molecule has 0 spiro atoms. The van der Waals surface area contributed by atoms with Gasteiger partial charge in [-0.05, 0) is 100 Å². The van der Waals surface area contributed by atoms with Crippen LogP contribution in [0.4, 0.5) is 11.4 Å². The van der Waals surface area contributed by atoms with Gasteiger partial charge in [0.15, 0.2) is 0 Å². The molecule has 0 radical (unpaired) electrons. The fraction of sp³-hybridized carbons (Fsp3) is 0.462. The zero-order valence-corrected chi connectivity index (χ0v) is 19.2. The second-order valence-corrected chi connectivity index (χ2v) is 8.92. The molecule has 7 heteroatoms. The van der Waals surface area contributed by atoms with Gasteiger partial charge in [0.25, 0.3) is 0 Å². The number of ether oxygens (including phenoxy) is 1. The monoisotopic (exact) mass is 450 g/mol. The number of nitrogens with zero attached hydrogens (tertiary/aromatic N) is 2. The average Bonchev–Trinajstić information content (AvgIpc) is 2.83. The smallest absolute Gasteiger partial charge is 0.238 e. The van der Waals surface area contributed by atoms with E-state index in [9.17, 15) is 9.59 Å². The molecular formula is C26H34N4O3. The standard InChI is InChI=1S/C26H34N4O3/c31-25(19-29-15-3-1-4-16-29)27-21-7-11-23(12-8-21)33-24-13-9-22(10-14-24)28-26(32)20-30-17-5-2-6-18-30/h7-14H,1-6,15-20H2,(H,27,31)(H,28,32). The Morgan fingerprint density at radius 3 is 1.33 bits per heavy atom. The van der Waals surface area contributed by atoms with Crippen LogP contribution < -0.4 is 15.4 Å². The number of likely N-dealkylation sites (tertiary alicyclic amines) is 2. The zero-order valence-electron chi connectivity index (χ0n) is 19.2. The van der Waals surface area contributed by atoms with Crippen molar-refractivity contribution in [3.05, 3.63) is 48.5 Å². The van der Waals surface area contributed by atoms with E-state index in [2.05, 4.69) is 20.4 Å². The first-order chi connectivity index (χ1) is 16.1. The Hall–Kier alpha value is -2.90. The van der Waals surface area contributed by atoms with Crippen molar-refractivity contribution in [1.29, 1.82) is 0 Å². The van der Waals surface area contributed by atoms with Crippen LogP contribution in [0.2, 0.25) is 0 Å². The van der Waals surface area contributed by atoms with E-state index in [4.69, 9.17) is 4.74 Å². The Labute approximate surface area is 196 Å². The molecule has 7 nitrogen and oxygen atoms in total. The molecule has 176 valence electrons. The number of nitrogens with one attached hydrogen (secondary N) is 2. The topological polar surface area (TPSA) is 73.9 Å². The lowest BCUT2D eigenvalue weighted by Gasteiger charge is -2.25. The summed E-state index contributed by atoms with van der Waals surface area (Å²) in [5.74, 6) is 1.41. The molecule has 2 saturated heterocycles. The van der Waals surface area contributed by atoms with Crippen LogP contribution in [-0.2, 0) is 9.59 Å². The largest absolute Gasteiger partial charge is 0.457 e. The third kappa shape index (κ3) is 7.58. The van der Waals surface area contributed by atoms with Crippen LogP contribution in [-0.4, -0.2) is 60.9 Å². The van der Waals surface area contributed by atoms with E-state index in [0.717, 1.165) is 37.6 Å². The van der Waals surface area contributed by atoms with Gasteiger partial charge in [-0.25, -0.2) is 0 Å². The van der Waals surface area contributed by atoms with Crippen LogP contribution in [0.5, 0.6) is 11.5 Å². The number of amides is 2. The normalized spacial score (nSPS) is 17.3. The first-order valence-corrected chi connectivity index (χ1v) is 12.1. The maximum atomic E-state index is 12.3. The van der Waals surface area contributed by atoms with E-state index >= 15 is 0 Å². The van der Waals surface area contributed by atoms with E-state index in [1.807, 2.05) is 48.5 Å². The summed E-state index contributed by atoms with van der Waals surface area (Å²) in [6.07, 6.45) is 7.21. The highest BCUT2D eigenvalue weighted by Gasteiger charge is 2.15. The molecule has 33 heavy (non-hydrogen) atoms. The molecule has 2 fully saturated rings. The molecule has 2 aromatic carbocycles. The number of benzene rings is 2. The van der Waals surface area contributed by atoms with E-state index < -0.39 is 0 Å². The van der Waals surface area contributed by atoms with Crippen molar-refractivity contribution < 1.29 is 14.3 Å². The number of carbonyl (C=O) groups is 2. The second kappa shape index (κ2) is 11.8. The summed E-state index contributed by atoms with van der Waals surface area (Å²) < 4.78 is 5.90. The van der Waals surface area contributed by atoms with Crippen LogP contribution in [0.15, 0.2) is 48.5 Å². The van der Waals surface area contributed by atoms with Crippen molar-refractivity contribution >= 4 is 23.2 Å². The van der Waals surface area contributed by atoms with E-state index in [-0.39, 0.29) is 11.8 Å². The van der Waals surface area contributed by atoms with Gasteiger partial charge in [-0.1, -0.05) is 12.8 Å². The molecule has 2 aliphatic heterocycles. The summed E-state index contributed by atoms with van der Waals surface area (Å²) in [4.78, 5) is 28.9. The van der Waals surface area contributed by atoms with Gasteiger partial charge in [-0.3, -0.25) is 19.4 Å². The third-order valence-corrected chi connectivity index (χ3v) is 6.14. The van der Waals surface area contributed by atoms with Gasteiger partial charge in [0.1, 0.15) is 11.5 Å². The number of rotatable bonds is 8. The van der Waals surface area contributed by atoms with Crippen LogP contribution in [0, 0.1) is 0 Å². The molecule has 4 rings (SSSR count). The minimum absolute atomic E-state index is 0.0171. The van der Waals surface area contributed by atoms with Crippen molar-refractivity contribution in [3.8, 4) is 11.5 Å². The molecule has 0 saturated carbocycles. The number of piperidine rings is 2. The minimum atomic E-state index is 0.0171. The molecule has 2 amide bonds. The highest BCUT2D eigenvalue weighted by molar-refractivity contribution is 5.92. The molecule has 0 aromatic heterocycles. The van der Waals surface area contributed by atoms with Crippen LogP contribution in [0.25, 0.3) is 0 Å². The summed E-state index contributed by atoms with van der Waals surface area (Å²) in [5.41, 5.74) is 1.52. The van der Waals surface area contributed by atoms with Gasteiger partial charge >= 0.3 is 0 Å². The molecule has 0 bridgehead atoms. The Kier molecular flexibility index (Phi) is 8.33. The highest BCUT2D eigenvalue weighted by atomic mass is 16.5. The van der Waals surface area contributed by atoms with Crippen LogP contribution in [0.3, 0.4) is 0 Å². The quantitative estimate of drug-likeness (QED) is 0.626. The lowest BCUT2D eigenvalue weighted by Crippen LogP contribution is -2.36. The molecule has 0 unspecified atom stereocenters. The number of hydrogen-bond acceptors (Lipinski definition) is 5. The Bertz CT molecular complexity index is 827. The summed E-state index contributed by atoms with van der Waals surface area (Å²) in [7, 11) is 0. The van der Waals surface area contributed by atoms with Crippen molar-refractivity contribution in [3.63, 3.8) is 0 Å². The molecule has 2 heterocycles. The first-order valence-electron chi connectivity index (χ1n) is 12.1. The minimum Gasteiger partial charge on any atom is -0.457 e. The SMILES string of the molecule is O=C(CN1CCCCC1)Nc1ccc(Oc2ccc(NC(=O)CN3CCCCC3)cc2)cc1. The average molecular weight is 451 g/mol. The number of hydrogen-bond donors (Lipinski definition) is 2. The van der Waals surface area contributed by atoms with E-state index in [0.29, 0.717) is 24.6 Å². The number of carbonyl (C=O) groups excluding carboxylic acids is 2. The van der Waals surface area contributed by atoms with Crippen molar-refractivity contribution in [2.24, 2.45) is 0 Å². The molecule has 0 atom stereocenters. The fourth-order valence-electron chi connectivity index (χ4n) is 4.39. The van der Waals surface area contributed by atoms with Gasteiger partial charge in [0.05, 0.1) is 13.1 Å². The van der Waals surface area contributed by atoms with Gasteiger partial charge in [0, 0.05) is 11.4 Å². The van der Waals surface area contributed by atoms with Crippen molar-refractivity contribution in [1.82, 2.24) is 9.80 Å². The van der Waals surface area contributed by atoms with Crippen LogP contribution >= 0.6 is 0 Å². The van der Waals surface area contributed by atoms with E-state index in [1.54, 1.807) is 0 Å². The van der Waals surface area contributed by atoms with Gasteiger partial charge < -0.3 is 15.4 Å². The third-order valence-electron chi connectivity index (χ3n) is 6.14. The maximum absolute atomic E-state index is 12.3. The number of anilines is 2. The Morgan fingerprint density at radius 2 is 0.970 bits per heavy atom. The molecule has 2 aliphatic rings. The van der Waals surface area contributed by atoms with Crippen molar-refractivity contribution in [2.75, 3.05) is 49.9 Å². The van der Waals surface area contributed by atoms with Gasteiger partial charge in [-0.2, -0.15) is 0 Å². The first kappa shape index (κ1) is 23.3. The highest BCUT2D eigenvalue weighted by Crippen LogP contribution is 2.24. The van der Waals surface area contributed by atoms with Crippen molar-refractivity contribution in [2.45, 2.75) is 38.5 Å². The molecule has 0 aliphatic carbocycles. The molecule has 2 N–H and O–H groups in total. The fourth-order valence-corrected chi connectivity index (χ4v) is 4.39. The van der Waals surface area contributed by atoms with Crippen LogP contribution in [0.1, 0.15) is 38.5 Å². The summed E-state index contributed by atoms with van der Waals surface area (Å²) in [6, 6.07) is 14.7. The lowest BCUT2D eigenvalue weighted by molar-refractivity contribution is -0.118. The molecular weight excluding hydrogens is 416 g/mol.